The van der Waals surface area contributed by atoms with Gasteiger partial charge in [0.2, 0.25) is 11.8 Å². The summed E-state index contributed by atoms with van der Waals surface area (Å²) in [6.45, 7) is 5.76. The molecule has 29 heavy (non-hydrogen) atoms. The monoisotopic (exact) mass is 412 g/mol. The Balaban J connectivity index is 1.43. The number of hydrogen-bond acceptors (Lipinski definition) is 4. The van der Waals surface area contributed by atoms with Crippen LogP contribution in [0.3, 0.4) is 0 Å². The summed E-state index contributed by atoms with van der Waals surface area (Å²) < 4.78 is 5.59. The van der Waals surface area contributed by atoms with Crippen LogP contribution in [0.4, 0.5) is 5.69 Å². The summed E-state index contributed by atoms with van der Waals surface area (Å²) in [7, 11) is 0. The summed E-state index contributed by atoms with van der Waals surface area (Å²) in [4.78, 5) is 27.7. The van der Waals surface area contributed by atoms with E-state index >= 15 is 0 Å². The number of nitrogens with zero attached hydrogens (tertiary/aromatic N) is 1. The zero-order valence-electron chi connectivity index (χ0n) is 17.0. The molecule has 0 fully saturated rings. The Bertz CT molecular complexity index is 836. The van der Waals surface area contributed by atoms with Crippen LogP contribution in [0.1, 0.15) is 37.8 Å². The molecule has 154 valence electrons. The Labute approximate surface area is 176 Å². The molecule has 5 nitrogen and oxygen atoms in total. The molecule has 0 saturated carbocycles. The van der Waals surface area contributed by atoms with Crippen LogP contribution in [-0.2, 0) is 27.5 Å². The first-order valence-electron chi connectivity index (χ1n) is 10.0. The first-order valence-corrected chi connectivity index (χ1v) is 11.0. The van der Waals surface area contributed by atoms with Gasteiger partial charge in [-0.05, 0) is 37.1 Å². The fraction of sp³-hybridized carbons (Fsp3) is 0.391. The second-order valence-electron chi connectivity index (χ2n) is 7.31. The molecule has 0 aromatic heterocycles. The standard InChI is InChI=1S/C23H28N2O3S/c1-17(2)28-16-19-9-7-18(8-10-19)15-24-22(26)11-12-23(27)25-13-14-29-21-6-4-3-5-20(21)25/h3-10,17H,11-16H2,1-2H3,(H,24,26). The molecule has 1 heterocycles. The maximum absolute atomic E-state index is 12.6. The van der Waals surface area contributed by atoms with E-state index < -0.39 is 0 Å². The predicted molar refractivity (Wildman–Crippen MR) is 117 cm³/mol. The van der Waals surface area contributed by atoms with Gasteiger partial charge in [0.05, 0.1) is 18.4 Å². The lowest BCUT2D eigenvalue weighted by atomic mass is 10.1. The number of anilines is 1. The van der Waals surface area contributed by atoms with E-state index in [0.29, 0.717) is 19.7 Å². The molecule has 0 spiro atoms. The van der Waals surface area contributed by atoms with E-state index in [-0.39, 0.29) is 30.8 Å². The molecular formula is C23H28N2O3S. The number of carbonyl (C=O) groups excluding carboxylic acids is 2. The second-order valence-corrected chi connectivity index (χ2v) is 8.45. The third kappa shape index (κ3) is 6.34. The molecule has 2 amide bonds. The van der Waals surface area contributed by atoms with Crippen molar-refractivity contribution in [2.24, 2.45) is 0 Å². The molecule has 2 aromatic rings. The first-order chi connectivity index (χ1) is 14.0. The summed E-state index contributed by atoms with van der Waals surface area (Å²) in [5.41, 5.74) is 3.09. The van der Waals surface area contributed by atoms with Crippen LogP contribution >= 0.6 is 11.8 Å². The van der Waals surface area contributed by atoms with Crippen molar-refractivity contribution in [2.45, 2.75) is 50.8 Å². The number of benzene rings is 2. The van der Waals surface area contributed by atoms with Crippen LogP contribution in [0.25, 0.3) is 0 Å². The average Bonchev–Trinajstić information content (AvgIpc) is 2.74. The van der Waals surface area contributed by atoms with Crippen LogP contribution in [0.15, 0.2) is 53.4 Å². The number of amides is 2. The van der Waals surface area contributed by atoms with Crippen molar-refractivity contribution in [3.8, 4) is 0 Å². The van der Waals surface area contributed by atoms with Crippen LogP contribution < -0.4 is 10.2 Å². The molecular weight excluding hydrogens is 384 g/mol. The number of carbonyl (C=O) groups is 2. The molecule has 1 N–H and O–H groups in total. The number of fused-ring (bicyclic) bond motifs is 1. The Kier molecular flexibility index (Phi) is 7.72. The molecule has 0 bridgehead atoms. The molecule has 0 unspecified atom stereocenters. The molecule has 0 aliphatic carbocycles. The van der Waals surface area contributed by atoms with Crippen LogP contribution in [0.5, 0.6) is 0 Å². The maximum Gasteiger partial charge on any atom is 0.227 e. The lowest BCUT2D eigenvalue weighted by Crippen LogP contribution is -2.36. The van der Waals surface area contributed by atoms with Crippen molar-refractivity contribution in [3.63, 3.8) is 0 Å². The highest BCUT2D eigenvalue weighted by atomic mass is 32.2. The zero-order valence-corrected chi connectivity index (χ0v) is 17.8. The van der Waals surface area contributed by atoms with Gasteiger partial charge in [-0.25, -0.2) is 0 Å². The minimum Gasteiger partial charge on any atom is -0.374 e. The Morgan fingerprint density at radius 2 is 1.79 bits per heavy atom. The predicted octanol–water partition coefficient (Wildman–Crippen LogP) is 4.15. The van der Waals surface area contributed by atoms with Crippen molar-refractivity contribution in [1.29, 1.82) is 0 Å². The molecule has 3 rings (SSSR count). The summed E-state index contributed by atoms with van der Waals surface area (Å²) in [6, 6.07) is 15.9. The van der Waals surface area contributed by atoms with Crippen molar-refractivity contribution < 1.29 is 14.3 Å². The van der Waals surface area contributed by atoms with E-state index in [1.165, 1.54) is 0 Å². The largest absolute Gasteiger partial charge is 0.374 e. The summed E-state index contributed by atoms with van der Waals surface area (Å²) in [5, 5.41) is 2.90. The van der Waals surface area contributed by atoms with E-state index in [1.54, 1.807) is 16.7 Å². The number of rotatable bonds is 8. The van der Waals surface area contributed by atoms with Gasteiger partial charge >= 0.3 is 0 Å². The highest BCUT2D eigenvalue weighted by Crippen LogP contribution is 2.34. The lowest BCUT2D eigenvalue weighted by molar-refractivity contribution is -0.125. The number of para-hydroxylation sites is 1. The Morgan fingerprint density at radius 3 is 2.55 bits per heavy atom. The van der Waals surface area contributed by atoms with Gasteiger partial charge in [0.25, 0.3) is 0 Å². The van der Waals surface area contributed by atoms with Gasteiger partial charge in [0, 0.05) is 36.6 Å². The van der Waals surface area contributed by atoms with Crippen LogP contribution in [0, 0.1) is 0 Å². The minimum absolute atomic E-state index is 0.00223. The molecule has 0 atom stereocenters. The normalized spacial score (nSPS) is 13.3. The van der Waals surface area contributed by atoms with Gasteiger partial charge in [-0.1, -0.05) is 36.4 Å². The number of hydrogen-bond donors (Lipinski definition) is 1. The van der Waals surface area contributed by atoms with E-state index in [4.69, 9.17) is 4.74 Å². The first kappa shape index (κ1) is 21.4. The third-order valence-electron chi connectivity index (χ3n) is 4.69. The third-order valence-corrected chi connectivity index (χ3v) is 5.73. The quantitative estimate of drug-likeness (QED) is 0.708. The summed E-state index contributed by atoms with van der Waals surface area (Å²) in [5.74, 6) is 0.778. The highest BCUT2D eigenvalue weighted by molar-refractivity contribution is 7.99. The molecule has 2 aromatic carbocycles. The highest BCUT2D eigenvalue weighted by Gasteiger charge is 2.22. The van der Waals surface area contributed by atoms with Crippen molar-refractivity contribution >= 4 is 29.3 Å². The van der Waals surface area contributed by atoms with Gasteiger partial charge in [0.15, 0.2) is 0 Å². The smallest absolute Gasteiger partial charge is 0.227 e. The minimum atomic E-state index is -0.106. The molecule has 6 heteroatoms. The van der Waals surface area contributed by atoms with E-state index in [0.717, 1.165) is 27.5 Å². The lowest BCUT2D eigenvalue weighted by Gasteiger charge is -2.29. The van der Waals surface area contributed by atoms with Crippen molar-refractivity contribution in [3.05, 3.63) is 59.7 Å². The van der Waals surface area contributed by atoms with Crippen molar-refractivity contribution in [2.75, 3.05) is 17.2 Å². The van der Waals surface area contributed by atoms with Gasteiger partial charge in [0.1, 0.15) is 0 Å². The number of ether oxygens (including phenoxy) is 1. The number of thioether (sulfide) groups is 1. The summed E-state index contributed by atoms with van der Waals surface area (Å²) in [6.07, 6.45) is 0.621. The maximum atomic E-state index is 12.6. The van der Waals surface area contributed by atoms with Crippen LogP contribution in [0.2, 0.25) is 0 Å². The van der Waals surface area contributed by atoms with Gasteiger partial charge in [-0.15, -0.1) is 11.8 Å². The molecule has 0 saturated heterocycles. The molecule has 1 aliphatic heterocycles. The van der Waals surface area contributed by atoms with Crippen molar-refractivity contribution in [1.82, 2.24) is 5.32 Å². The fourth-order valence-electron chi connectivity index (χ4n) is 3.09. The number of nitrogens with one attached hydrogen (secondary N) is 1. The van der Waals surface area contributed by atoms with Gasteiger partial charge in [-0.2, -0.15) is 0 Å². The van der Waals surface area contributed by atoms with E-state index in [2.05, 4.69) is 5.32 Å². The molecule has 0 radical (unpaired) electrons. The van der Waals surface area contributed by atoms with E-state index in [9.17, 15) is 9.59 Å². The topological polar surface area (TPSA) is 58.6 Å². The molecule has 1 aliphatic rings. The van der Waals surface area contributed by atoms with E-state index in [1.807, 2.05) is 62.4 Å². The van der Waals surface area contributed by atoms with Gasteiger partial charge in [-0.3, -0.25) is 9.59 Å². The SMILES string of the molecule is CC(C)OCc1ccc(CNC(=O)CCC(=O)N2CCSc3ccccc32)cc1. The van der Waals surface area contributed by atoms with Gasteiger partial charge < -0.3 is 15.0 Å². The summed E-state index contributed by atoms with van der Waals surface area (Å²) >= 11 is 1.76. The van der Waals surface area contributed by atoms with Crippen LogP contribution in [-0.4, -0.2) is 30.2 Å². The Morgan fingerprint density at radius 1 is 1.07 bits per heavy atom. The second kappa shape index (κ2) is 10.5. The zero-order chi connectivity index (χ0) is 20.6. The average molecular weight is 413 g/mol. The Hall–Kier alpha value is -2.31. The fourth-order valence-corrected chi connectivity index (χ4v) is 4.08.